The molecule has 2 bridgehead atoms. The molecule has 3 amide bonds. The van der Waals surface area contributed by atoms with Crippen molar-refractivity contribution in [3.63, 3.8) is 0 Å². The van der Waals surface area contributed by atoms with E-state index in [9.17, 15) is 19.5 Å². The van der Waals surface area contributed by atoms with Crippen LogP contribution >= 0.6 is 11.8 Å². The first-order valence-electron chi connectivity index (χ1n) is 14.2. The molecule has 4 fully saturated rings. The van der Waals surface area contributed by atoms with Crippen molar-refractivity contribution in [2.75, 3.05) is 11.9 Å². The predicted octanol–water partition coefficient (Wildman–Crippen LogP) is 4.29. The van der Waals surface area contributed by atoms with E-state index >= 15 is 0 Å². The van der Waals surface area contributed by atoms with Gasteiger partial charge in [0.25, 0.3) is 0 Å². The third kappa shape index (κ3) is 4.36. The number of rotatable bonds is 7. The quantitative estimate of drug-likeness (QED) is 0.481. The molecule has 39 heavy (non-hydrogen) atoms. The summed E-state index contributed by atoms with van der Waals surface area (Å²) in [5.41, 5.74) is 1.48. The lowest BCUT2D eigenvalue weighted by molar-refractivity contribution is -0.142. The van der Waals surface area contributed by atoms with Gasteiger partial charge in [-0.2, -0.15) is 0 Å². The third-order valence-corrected chi connectivity index (χ3v) is 11.4. The van der Waals surface area contributed by atoms with E-state index in [-0.39, 0.29) is 30.4 Å². The molecule has 6 rings (SSSR count). The number of amides is 3. The van der Waals surface area contributed by atoms with Crippen molar-refractivity contribution in [1.82, 2.24) is 10.2 Å². The number of anilines is 1. The Hall–Kier alpha value is -2.84. The van der Waals surface area contributed by atoms with E-state index in [1.165, 1.54) is 6.42 Å². The summed E-state index contributed by atoms with van der Waals surface area (Å²) in [4.78, 5) is 44.2. The SMILES string of the molecule is C[C@]12CCC3(S1)C(C(=O)NC1CCCCC1)N([C@H](CO)c1ccccc1)C(=O)[C@@H]3[C@H]2C(=O)Nc1ccccc1. The molecule has 0 radical (unpaired) electrons. The molecule has 3 saturated heterocycles. The summed E-state index contributed by atoms with van der Waals surface area (Å²) in [5, 5.41) is 17.0. The maximum atomic E-state index is 14.5. The summed E-state index contributed by atoms with van der Waals surface area (Å²) in [6.07, 6.45) is 6.68. The van der Waals surface area contributed by atoms with Crippen LogP contribution in [0.4, 0.5) is 5.69 Å². The fourth-order valence-electron chi connectivity index (χ4n) is 7.70. The maximum absolute atomic E-state index is 14.5. The number of thioether (sulfide) groups is 1. The summed E-state index contributed by atoms with van der Waals surface area (Å²) in [5.74, 6) is -1.73. The minimum atomic E-state index is -0.754. The molecule has 2 aromatic carbocycles. The fourth-order valence-corrected chi connectivity index (χ4v) is 10.0. The number of fused-ring (bicyclic) bond motifs is 1. The highest BCUT2D eigenvalue weighted by molar-refractivity contribution is 8.02. The number of benzene rings is 2. The number of hydrogen-bond donors (Lipinski definition) is 3. The van der Waals surface area contributed by atoms with E-state index in [0.29, 0.717) is 12.1 Å². The minimum Gasteiger partial charge on any atom is -0.394 e. The largest absolute Gasteiger partial charge is 0.394 e. The Morgan fingerprint density at radius 3 is 2.33 bits per heavy atom. The lowest BCUT2D eigenvalue weighted by atomic mass is 9.66. The van der Waals surface area contributed by atoms with Crippen LogP contribution in [0.2, 0.25) is 0 Å². The van der Waals surface area contributed by atoms with Crippen LogP contribution in [0.1, 0.15) is 63.5 Å². The molecular weight excluding hydrogens is 510 g/mol. The highest BCUT2D eigenvalue weighted by atomic mass is 32.2. The fraction of sp³-hybridized carbons (Fsp3) is 0.516. The Bertz CT molecular complexity index is 1240. The van der Waals surface area contributed by atoms with Crippen LogP contribution in [0, 0.1) is 11.8 Å². The Kier molecular flexibility index (Phi) is 6.96. The number of carbonyl (C=O) groups is 3. The number of nitrogens with one attached hydrogen (secondary N) is 2. The Labute approximate surface area is 234 Å². The topological polar surface area (TPSA) is 98.7 Å². The normalized spacial score (nSPS) is 32.6. The van der Waals surface area contributed by atoms with Crippen LogP contribution in [0.15, 0.2) is 60.7 Å². The lowest BCUT2D eigenvalue weighted by Gasteiger charge is -2.38. The van der Waals surface area contributed by atoms with Crippen molar-refractivity contribution < 1.29 is 19.5 Å². The van der Waals surface area contributed by atoms with Crippen LogP contribution in [0.25, 0.3) is 0 Å². The summed E-state index contributed by atoms with van der Waals surface area (Å²) in [6, 6.07) is 17.4. The molecule has 3 aliphatic heterocycles. The van der Waals surface area contributed by atoms with E-state index in [0.717, 1.165) is 37.7 Å². The molecule has 2 unspecified atom stereocenters. The molecule has 4 aliphatic rings. The number of aliphatic hydroxyl groups excluding tert-OH is 1. The minimum absolute atomic E-state index is 0.0966. The second-order valence-corrected chi connectivity index (χ2v) is 13.7. The Morgan fingerprint density at radius 1 is 1.00 bits per heavy atom. The number of carbonyl (C=O) groups excluding carboxylic acids is 3. The zero-order chi connectivity index (χ0) is 27.2. The molecule has 2 aromatic rings. The van der Waals surface area contributed by atoms with Gasteiger partial charge in [-0.3, -0.25) is 14.4 Å². The van der Waals surface area contributed by atoms with Crippen molar-refractivity contribution in [2.24, 2.45) is 11.8 Å². The summed E-state index contributed by atoms with van der Waals surface area (Å²) in [6.45, 7) is 1.78. The van der Waals surface area contributed by atoms with Gasteiger partial charge in [0.15, 0.2) is 0 Å². The van der Waals surface area contributed by atoms with E-state index in [2.05, 4.69) is 17.6 Å². The number of likely N-dealkylation sites (tertiary alicyclic amines) is 1. The summed E-state index contributed by atoms with van der Waals surface area (Å²) < 4.78 is -1.17. The first-order valence-corrected chi connectivity index (χ1v) is 15.0. The second-order valence-electron chi connectivity index (χ2n) is 11.8. The van der Waals surface area contributed by atoms with E-state index in [1.807, 2.05) is 60.7 Å². The Morgan fingerprint density at radius 2 is 1.67 bits per heavy atom. The van der Waals surface area contributed by atoms with Crippen LogP contribution < -0.4 is 10.6 Å². The van der Waals surface area contributed by atoms with Gasteiger partial charge in [0, 0.05) is 16.5 Å². The van der Waals surface area contributed by atoms with Crippen molar-refractivity contribution in [1.29, 1.82) is 0 Å². The number of nitrogens with zero attached hydrogens (tertiary/aromatic N) is 1. The van der Waals surface area contributed by atoms with Gasteiger partial charge in [0.1, 0.15) is 6.04 Å². The molecule has 0 aromatic heterocycles. The van der Waals surface area contributed by atoms with Crippen molar-refractivity contribution in [2.45, 2.75) is 79.5 Å². The van der Waals surface area contributed by atoms with Gasteiger partial charge < -0.3 is 20.6 Å². The average molecular weight is 548 g/mol. The smallest absolute Gasteiger partial charge is 0.244 e. The van der Waals surface area contributed by atoms with Gasteiger partial charge in [-0.05, 0) is 50.3 Å². The first-order chi connectivity index (χ1) is 18.9. The van der Waals surface area contributed by atoms with Crippen LogP contribution in [-0.4, -0.2) is 55.9 Å². The molecular formula is C31H37N3O4S. The van der Waals surface area contributed by atoms with E-state index < -0.39 is 33.4 Å². The molecule has 6 atom stereocenters. The van der Waals surface area contributed by atoms with Crippen LogP contribution in [-0.2, 0) is 14.4 Å². The molecule has 206 valence electrons. The second kappa shape index (κ2) is 10.3. The van der Waals surface area contributed by atoms with Crippen LogP contribution in [0.3, 0.4) is 0 Å². The van der Waals surface area contributed by atoms with Gasteiger partial charge in [-0.25, -0.2) is 0 Å². The lowest BCUT2D eigenvalue weighted by Crippen LogP contribution is -2.56. The summed E-state index contributed by atoms with van der Waals surface area (Å²) >= 11 is 1.66. The molecule has 1 aliphatic carbocycles. The molecule has 8 heteroatoms. The highest BCUT2D eigenvalue weighted by Crippen LogP contribution is 2.72. The zero-order valence-electron chi connectivity index (χ0n) is 22.3. The maximum Gasteiger partial charge on any atom is 0.244 e. The standard InChI is InChI=1S/C31H37N3O4S/c1-30-17-18-31(39-30)25(24(30)27(36)32-21-13-7-3-8-14-21)29(38)34(23(19-35)20-11-5-2-6-12-20)26(31)28(37)33-22-15-9-4-10-16-22/h2-3,5-8,11-14,22-26,35H,4,9-10,15-19H2,1H3,(H,32,36)(H,33,37)/t23-,24+,25+,26?,30-,31?/m1/s1. The summed E-state index contributed by atoms with van der Waals surface area (Å²) in [7, 11) is 0. The van der Waals surface area contributed by atoms with Gasteiger partial charge in [-0.15, -0.1) is 11.8 Å². The van der Waals surface area contributed by atoms with Gasteiger partial charge in [-0.1, -0.05) is 67.8 Å². The molecule has 1 spiro atoms. The van der Waals surface area contributed by atoms with E-state index in [4.69, 9.17) is 0 Å². The molecule has 7 nitrogen and oxygen atoms in total. The number of hydrogen-bond acceptors (Lipinski definition) is 5. The van der Waals surface area contributed by atoms with Gasteiger partial charge >= 0.3 is 0 Å². The Balaban J connectivity index is 1.40. The van der Waals surface area contributed by atoms with Crippen molar-refractivity contribution in [3.8, 4) is 0 Å². The van der Waals surface area contributed by atoms with Crippen molar-refractivity contribution >= 4 is 35.2 Å². The zero-order valence-corrected chi connectivity index (χ0v) is 23.2. The van der Waals surface area contributed by atoms with Gasteiger partial charge in [0.2, 0.25) is 17.7 Å². The van der Waals surface area contributed by atoms with Gasteiger partial charge in [0.05, 0.1) is 29.2 Å². The predicted molar refractivity (Wildman–Crippen MR) is 152 cm³/mol. The van der Waals surface area contributed by atoms with E-state index in [1.54, 1.807) is 16.7 Å². The molecule has 1 saturated carbocycles. The van der Waals surface area contributed by atoms with Crippen molar-refractivity contribution in [3.05, 3.63) is 66.2 Å². The number of para-hydroxylation sites is 1. The number of aliphatic hydroxyl groups is 1. The molecule has 3 heterocycles. The van der Waals surface area contributed by atoms with Crippen LogP contribution in [0.5, 0.6) is 0 Å². The molecule has 3 N–H and O–H groups in total. The third-order valence-electron chi connectivity index (χ3n) is 9.43. The average Bonchev–Trinajstić information content (AvgIpc) is 3.52. The monoisotopic (exact) mass is 547 g/mol. The first kappa shape index (κ1) is 26.4. The highest BCUT2D eigenvalue weighted by Gasteiger charge is 2.77.